The Morgan fingerprint density at radius 1 is 1.03 bits per heavy atom. The summed E-state index contributed by atoms with van der Waals surface area (Å²) in [5.74, 6) is 3.17. The molecule has 1 aromatic carbocycles. The van der Waals surface area contributed by atoms with Gasteiger partial charge in [-0.05, 0) is 80.0 Å². The zero-order valence-electron chi connectivity index (χ0n) is 17.4. The first-order valence-electron chi connectivity index (χ1n) is 11.2. The molecular weight excluding hydrogens is 442 g/mol. The minimum atomic E-state index is -0.960. The third kappa shape index (κ3) is 3.33. The Morgan fingerprint density at radius 3 is 2.31 bits per heavy atom. The van der Waals surface area contributed by atoms with E-state index in [-0.39, 0.29) is 17.5 Å². The maximum absolute atomic E-state index is 13.4. The van der Waals surface area contributed by atoms with Gasteiger partial charge in [0.2, 0.25) is 0 Å². The van der Waals surface area contributed by atoms with Gasteiger partial charge in [0.1, 0.15) is 15.8 Å². The number of amides is 1. The van der Waals surface area contributed by atoms with Crippen LogP contribution in [0.4, 0.5) is 0 Å². The molecule has 0 spiro atoms. The molecule has 7 rings (SSSR count). The van der Waals surface area contributed by atoms with Crippen molar-refractivity contribution in [3.8, 4) is 11.3 Å². The second kappa shape index (κ2) is 7.59. The normalized spacial score (nSPS) is 32.3. The van der Waals surface area contributed by atoms with Crippen LogP contribution in [0.15, 0.2) is 45.7 Å². The molecule has 1 aromatic heterocycles. The molecule has 164 valence electrons. The van der Waals surface area contributed by atoms with Gasteiger partial charge in [-0.1, -0.05) is 36.1 Å². The van der Waals surface area contributed by atoms with E-state index in [4.69, 9.17) is 21.7 Å². The number of carboxylic acids is 1. The average molecular weight is 466 g/mol. The minimum Gasteiger partial charge on any atom is -0.478 e. The fourth-order valence-electron chi connectivity index (χ4n) is 6.55. The number of nitrogens with zero attached hydrogens (tertiary/aromatic N) is 1. The number of thioether (sulfide) groups is 1. The molecule has 32 heavy (non-hydrogen) atoms. The number of carbonyl (C=O) groups excluding carboxylic acids is 1. The Hall–Kier alpha value is -2.38. The summed E-state index contributed by atoms with van der Waals surface area (Å²) in [5.41, 5.74) is 1.02. The van der Waals surface area contributed by atoms with Gasteiger partial charge in [-0.15, -0.1) is 0 Å². The summed E-state index contributed by atoms with van der Waals surface area (Å²) in [5, 5.41) is 9.06. The first-order chi connectivity index (χ1) is 15.5. The largest absolute Gasteiger partial charge is 0.478 e. The quantitative estimate of drug-likeness (QED) is 0.463. The van der Waals surface area contributed by atoms with Crippen LogP contribution in [0, 0.1) is 23.7 Å². The highest BCUT2D eigenvalue weighted by atomic mass is 32.2. The highest BCUT2D eigenvalue weighted by molar-refractivity contribution is 8.26. The van der Waals surface area contributed by atoms with Crippen molar-refractivity contribution in [3.05, 3.63) is 52.6 Å². The molecule has 0 unspecified atom stereocenters. The van der Waals surface area contributed by atoms with Gasteiger partial charge in [0.25, 0.3) is 5.91 Å². The molecule has 4 aliphatic carbocycles. The van der Waals surface area contributed by atoms with E-state index in [1.54, 1.807) is 30.3 Å². The molecule has 1 saturated heterocycles. The number of furan rings is 1. The summed E-state index contributed by atoms with van der Waals surface area (Å²) in [4.78, 5) is 27.0. The van der Waals surface area contributed by atoms with Crippen molar-refractivity contribution in [1.82, 2.24) is 4.90 Å². The van der Waals surface area contributed by atoms with Crippen LogP contribution in [-0.2, 0) is 4.79 Å². The van der Waals surface area contributed by atoms with Crippen molar-refractivity contribution in [1.29, 1.82) is 0 Å². The zero-order chi connectivity index (χ0) is 22.0. The summed E-state index contributed by atoms with van der Waals surface area (Å²) in [6.07, 6.45) is 8.15. The van der Waals surface area contributed by atoms with Crippen LogP contribution in [-0.4, -0.2) is 32.2 Å². The van der Waals surface area contributed by atoms with E-state index in [0.29, 0.717) is 32.6 Å². The summed E-state index contributed by atoms with van der Waals surface area (Å²) >= 11 is 7.05. The zero-order valence-corrected chi connectivity index (χ0v) is 19.0. The summed E-state index contributed by atoms with van der Waals surface area (Å²) in [6.45, 7) is 0. The van der Waals surface area contributed by atoms with Crippen molar-refractivity contribution >= 4 is 46.3 Å². The van der Waals surface area contributed by atoms with Crippen LogP contribution in [0.1, 0.15) is 48.2 Å². The Kier molecular flexibility index (Phi) is 4.80. The number of thiocarbonyl (C=S) groups is 1. The first-order valence-corrected chi connectivity index (χ1v) is 12.4. The van der Waals surface area contributed by atoms with E-state index in [9.17, 15) is 9.59 Å². The van der Waals surface area contributed by atoms with Crippen LogP contribution in [0.25, 0.3) is 17.4 Å². The highest BCUT2D eigenvalue weighted by Crippen LogP contribution is 2.56. The molecule has 5 fully saturated rings. The van der Waals surface area contributed by atoms with Crippen molar-refractivity contribution in [2.45, 2.75) is 38.1 Å². The lowest BCUT2D eigenvalue weighted by molar-refractivity contribution is -0.130. The number of rotatable bonds is 4. The second-order valence-electron chi connectivity index (χ2n) is 9.56. The molecule has 4 bridgehead atoms. The highest BCUT2D eigenvalue weighted by Gasteiger charge is 2.53. The number of aromatic carboxylic acids is 1. The van der Waals surface area contributed by atoms with Gasteiger partial charge in [-0.25, -0.2) is 4.79 Å². The first kappa shape index (κ1) is 20.2. The van der Waals surface area contributed by atoms with Crippen molar-refractivity contribution < 1.29 is 19.1 Å². The maximum Gasteiger partial charge on any atom is 0.335 e. The summed E-state index contributed by atoms with van der Waals surface area (Å²) < 4.78 is 6.62. The molecule has 2 aromatic rings. The molecule has 1 aliphatic heterocycles. The predicted octanol–water partition coefficient (Wildman–Crippen LogP) is 5.67. The van der Waals surface area contributed by atoms with Crippen molar-refractivity contribution in [2.75, 3.05) is 0 Å². The summed E-state index contributed by atoms with van der Waals surface area (Å²) in [6, 6.07) is 10.5. The molecule has 0 atom stereocenters. The molecule has 5 nitrogen and oxygen atoms in total. The molecule has 2 heterocycles. The van der Waals surface area contributed by atoms with Crippen LogP contribution >= 0.6 is 24.0 Å². The number of hydrogen-bond donors (Lipinski definition) is 1. The van der Waals surface area contributed by atoms with Gasteiger partial charge in [0, 0.05) is 17.7 Å². The Bertz CT molecular complexity index is 1120. The Morgan fingerprint density at radius 2 is 1.69 bits per heavy atom. The number of benzene rings is 1. The van der Waals surface area contributed by atoms with Crippen LogP contribution in [0.3, 0.4) is 0 Å². The van der Waals surface area contributed by atoms with E-state index in [0.717, 1.165) is 17.4 Å². The maximum atomic E-state index is 13.4. The van der Waals surface area contributed by atoms with Gasteiger partial charge in [0.05, 0.1) is 10.5 Å². The predicted molar refractivity (Wildman–Crippen MR) is 127 cm³/mol. The van der Waals surface area contributed by atoms with E-state index in [2.05, 4.69) is 0 Å². The lowest BCUT2D eigenvalue weighted by atomic mass is 9.54. The van der Waals surface area contributed by atoms with E-state index in [1.165, 1.54) is 43.9 Å². The standard InChI is InChI=1S/C25H23NO4S2/c27-23-21(12-19-5-6-20(30-19)15-1-3-16(4-2-15)24(28)29)32-25(31)26(23)22-17-8-13-7-14(10-17)11-18(22)9-13/h1-6,12-14,17-18,22H,7-11H2,(H,28,29)/b21-12-. The number of carbonyl (C=O) groups is 2. The van der Waals surface area contributed by atoms with Gasteiger partial charge < -0.3 is 9.52 Å². The van der Waals surface area contributed by atoms with Gasteiger partial charge in [0.15, 0.2) is 0 Å². The summed E-state index contributed by atoms with van der Waals surface area (Å²) in [7, 11) is 0. The lowest BCUT2D eigenvalue weighted by Gasteiger charge is -2.56. The average Bonchev–Trinajstić information content (AvgIpc) is 3.33. The molecule has 7 heteroatoms. The van der Waals surface area contributed by atoms with Crippen LogP contribution in [0.2, 0.25) is 0 Å². The molecule has 1 N–H and O–H groups in total. The van der Waals surface area contributed by atoms with E-state index < -0.39 is 5.97 Å². The van der Waals surface area contributed by atoms with Gasteiger partial charge in [-0.2, -0.15) is 0 Å². The molecule has 0 radical (unpaired) electrons. The van der Waals surface area contributed by atoms with Gasteiger partial charge in [-0.3, -0.25) is 9.69 Å². The van der Waals surface area contributed by atoms with Gasteiger partial charge >= 0.3 is 5.97 Å². The van der Waals surface area contributed by atoms with E-state index >= 15 is 0 Å². The van der Waals surface area contributed by atoms with E-state index in [1.807, 2.05) is 17.0 Å². The Labute approximate surface area is 195 Å². The fourth-order valence-corrected chi connectivity index (χ4v) is 7.87. The fraction of sp³-hybridized carbons (Fsp3) is 0.400. The number of carboxylic acid groups (broad SMARTS) is 1. The molecule has 4 saturated carbocycles. The van der Waals surface area contributed by atoms with Crippen LogP contribution in [0.5, 0.6) is 0 Å². The minimum absolute atomic E-state index is 0.0150. The Balaban J connectivity index is 1.23. The monoisotopic (exact) mass is 465 g/mol. The molecule has 1 amide bonds. The third-order valence-corrected chi connectivity index (χ3v) is 8.95. The van der Waals surface area contributed by atoms with Crippen LogP contribution < -0.4 is 0 Å². The number of hydrogen-bond acceptors (Lipinski definition) is 5. The third-order valence-electron chi connectivity index (χ3n) is 7.62. The lowest BCUT2D eigenvalue weighted by Crippen LogP contribution is -2.57. The SMILES string of the molecule is O=C(O)c1ccc(-c2ccc(/C=C3\SC(=S)N(C4C5CC6CC(C5)CC4C6)C3=O)o2)cc1. The smallest absolute Gasteiger partial charge is 0.335 e. The van der Waals surface area contributed by atoms with Crippen molar-refractivity contribution in [2.24, 2.45) is 23.7 Å². The molecule has 5 aliphatic rings. The van der Waals surface area contributed by atoms with Crippen molar-refractivity contribution in [3.63, 3.8) is 0 Å². The topological polar surface area (TPSA) is 70.8 Å². The second-order valence-corrected chi connectivity index (χ2v) is 11.2. The molecular formula is C25H23NO4S2.